The van der Waals surface area contributed by atoms with Gasteiger partial charge >= 0.3 is 0 Å². The number of hydrogen-bond acceptors (Lipinski definition) is 6. The van der Waals surface area contributed by atoms with Gasteiger partial charge in [0.05, 0.1) is 5.69 Å². The Balaban J connectivity index is 1.35. The summed E-state index contributed by atoms with van der Waals surface area (Å²) in [6, 6.07) is 13.8. The third-order valence-corrected chi connectivity index (χ3v) is 6.22. The number of hydrogen-bond donors (Lipinski definition) is 0. The van der Waals surface area contributed by atoms with Crippen LogP contribution < -0.4 is 4.90 Å². The predicted octanol–water partition coefficient (Wildman–Crippen LogP) is 3.75. The van der Waals surface area contributed by atoms with E-state index < -0.39 is 0 Å². The molecule has 4 aromatic rings. The number of anilines is 1. The van der Waals surface area contributed by atoms with Crippen LogP contribution in [0.15, 0.2) is 78.7 Å². The average molecular weight is 443 g/mol. The molecular formula is C24H22N6OS. The molecule has 8 heteroatoms. The van der Waals surface area contributed by atoms with Crippen molar-refractivity contribution in [1.82, 2.24) is 24.6 Å². The van der Waals surface area contributed by atoms with Crippen molar-refractivity contribution in [2.45, 2.75) is 0 Å². The molecule has 0 unspecified atom stereocenters. The van der Waals surface area contributed by atoms with Gasteiger partial charge in [-0.05, 0) is 30.3 Å². The normalized spacial score (nSPS) is 14.2. The van der Waals surface area contributed by atoms with Gasteiger partial charge in [-0.15, -0.1) is 11.3 Å². The van der Waals surface area contributed by atoms with Gasteiger partial charge in [-0.25, -0.2) is 9.67 Å². The van der Waals surface area contributed by atoms with Gasteiger partial charge in [0.25, 0.3) is 0 Å². The highest BCUT2D eigenvalue weighted by Crippen LogP contribution is 2.24. The van der Waals surface area contributed by atoms with E-state index in [0.717, 1.165) is 40.7 Å². The van der Waals surface area contributed by atoms with Crippen LogP contribution in [0.5, 0.6) is 0 Å². The molecule has 0 aliphatic carbocycles. The molecule has 7 nitrogen and oxygen atoms in total. The summed E-state index contributed by atoms with van der Waals surface area (Å²) in [4.78, 5) is 25.6. The van der Waals surface area contributed by atoms with Crippen LogP contribution in [0.1, 0.15) is 5.56 Å². The molecule has 5 rings (SSSR count). The lowest BCUT2D eigenvalue weighted by atomic mass is 10.1. The van der Waals surface area contributed by atoms with Gasteiger partial charge < -0.3 is 9.80 Å². The van der Waals surface area contributed by atoms with E-state index in [4.69, 9.17) is 5.10 Å². The predicted molar refractivity (Wildman–Crippen MR) is 127 cm³/mol. The van der Waals surface area contributed by atoms with Crippen LogP contribution >= 0.6 is 11.3 Å². The van der Waals surface area contributed by atoms with E-state index in [1.54, 1.807) is 29.8 Å². The summed E-state index contributed by atoms with van der Waals surface area (Å²) in [5.41, 5.74) is 3.53. The zero-order valence-electron chi connectivity index (χ0n) is 17.4. The number of carbonyl (C=O) groups is 1. The van der Waals surface area contributed by atoms with Crippen molar-refractivity contribution < 1.29 is 4.79 Å². The first-order valence-corrected chi connectivity index (χ1v) is 11.3. The molecular weight excluding hydrogens is 420 g/mol. The van der Waals surface area contributed by atoms with Crippen LogP contribution in [-0.2, 0) is 4.79 Å². The van der Waals surface area contributed by atoms with E-state index in [-0.39, 0.29) is 5.91 Å². The fourth-order valence-corrected chi connectivity index (χ4v) is 4.40. The van der Waals surface area contributed by atoms with Gasteiger partial charge in [-0.2, -0.15) is 5.10 Å². The highest BCUT2D eigenvalue weighted by atomic mass is 32.1. The molecule has 4 heterocycles. The van der Waals surface area contributed by atoms with Crippen molar-refractivity contribution in [1.29, 1.82) is 0 Å². The number of rotatable bonds is 5. The Labute approximate surface area is 190 Å². The highest BCUT2D eigenvalue weighted by Gasteiger charge is 2.21. The molecule has 32 heavy (non-hydrogen) atoms. The molecule has 1 amide bonds. The SMILES string of the molecule is O=C(/C=C/c1cn(-c2ccccc2)nc1-c1cccnc1)N1CCN(c2nccs2)CC1. The van der Waals surface area contributed by atoms with Gasteiger partial charge in [0.15, 0.2) is 5.13 Å². The second kappa shape index (κ2) is 9.15. The molecule has 1 aliphatic rings. The van der Waals surface area contributed by atoms with Crippen molar-refractivity contribution in [2.75, 3.05) is 31.1 Å². The zero-order valence-corrected chi connectivity index (χ0v) is 18.2. The maximum atomic E-state index is 12.9. The number of benzene rings is 1. The fraction of sp³-hybridized carbons (Fsp3) is 0.167. The molecule has 1 aromatic carbocycles. The molecule has 0 atom stereocenters. The number of carbonyl (C=O) groups excluding carboxylic acids is 1. The minimum Gasteiger partial charge on any atom is -0.345 e. The average Bonchev–Trinajstić information content (AvgIpc) is 3.54. The minimum atomic E-state index is 0.00777. The van der Waals surface area contributed by atoms with Crippen molar-refractivity contribution >= 4 is 28.5 Å². The molecule has 1 aliphatic heterocycles. The van der Waals surface area contributed by atoms with Gasteiger partial charge in [-0.1, -0.05) is 18.2 Å². The van der Waals surface area contributed by atoms with Crippen molar-refractivity contribution in [2.24, 2.45) is 0 Å². The Kier molecular flexibility index (Phi) is 5.76. The summed E-state index contributed by atoms with van der Waals surface area (Å²) in [7, 11) is 0. The summed E-state index contributed by atoms with van der Waals surface area (Å²) in [5.74, 6) is 0.00777. The molecule has 3 aromatic heterocycles. The van der Waals surface area contributed by atoms with Gasteiger partial charge in [0.2, 0.25) is 5.91 Å². The lowest BCUT2D eigenvalue weighted by Crippen LogP contribution is -2.48. The molecule has 160 valence electrons. The summed E-state index contributed by atoms with van der Waals surface area (Å²) in [5, 5.41) is 7.76. The standard InChI is InChI=1S/C24H22N6OS/c31-22(28-12-14-29(15-13-28)24-26-11-16-32-24)9-8-20-18-30(21-6-2-1-3-7-21)27-23(20)19-5-4-10-25-17-19/h1-11,16-18H,12-15H2/b9-8+. The first-order valence-electron chi connectivity index (χ1n) is 10.4. The van der Waals surface area contributed by atoms with E-state index in [9.17, 15) is 4.79 Å². The van der Waals surface area contributed by atoms with E-state index in [2.05, 4.69) is 14.9 Å². The van der Waals surface area contributed by atoms with E-state index >= 15 is 0 Å². The largest absolute Gasteiger partial charge is 0.345 e. The molecule has 0 N–H and O–H groups in total. The third kappa shape index (κ3) is 4.31. The molecule has 0 radical (unpaired) electrons. The number of piperazine rings is 1. The maximum Gasteiger partial charge on any atom is 0.246 e. The van der Waals surface area contributed by atoms with Gasteiger partial charge in [-0.3, -0.25) is 9.78 Å². The van der Waals surface area contributed by atoms with Gasteiger partial charge in [0.1, 0.15) is 5.69 Å². The van der Waals surface area contributed by atoms with E-state index in [1.165, 1.54) is 0 Å². The molecule has 1 saturated heterocycles. The van der Waals surface area contributed by atoms with Crippen molar-refractivity contribution in [3.63, 3.8) is 0 Å². The summed E-state index contributed by atoms with van der Waals surface area (Å²) in [6.07, 6.45) is 10.8. The smallest absolute Gasteiger partial charge is 0.246 e. The summed E-state index contributed by atoms with van der Waals surface area (Å²) >= 11 is 1.63. The summed E-state index contributed by atoms with van der Waals surface area (Å²) in [6.45, 7) is 2.95. The Hall–Kier alpha value is -3.78. The lowest BCUT2D eigenvalue weighted by molar-refractivity contribution is -0.126. The zero-order chi connectivity index (χ0) is 21.8. The lowest BCUT2D eigenvalue weighted by Gasteiger charge is -2.34. The van der Waals surface area contributed by atoms with Crippen LogP contribution in [0.2, 0.25) is 0 Å². The first-order chi connectivity index (χ1) is 15.8. The van der Waals surface area contributed by atoms with E-state index in [1.807, 2.05) is 75.9 Å². The summed E-state index contributed by atoms with van der Waals surface area (Å²) < 4.78 is 1.83. The van der Waals surface area contributed by atoms with Crippen LogP contribution in [0.3, 0.4) is 0 Å². The third-order valence-electron chi connectivity index (χ3n) is 5.38. The van der Waals surface area contributed by atoms with Crippen LogP contribution in [0.4, 0.5) is 5.13 Å². The topological polar surface area (TPSA) is 67.2 Å². The second-order valence-electron chi connectivity index (χ2n) is 7.42. The molecule has 0 bridgehead atoms. The Morgan fingerprint density at radius 2 is 1.84 bits per heavy atom. The first kappa shape index (κ1) is 20.1. The Morgan fingerprint density at radius 1 is 1.00 bits per heavy atom. The Bertz CT molecular complexity index is 1200. The number of aromatic nitrogens is 4. The number of thiazole rings is 1. The Morgan fingerprint density at radius 3 is 2.56 bits per heavy atom. The minimum absolute atomic E-state index is 0.00777. The molecule has 0 saturated carbocycles. The quantitative estimate of drug-likeness (QED) is 0.441. The highest BCUT2D eigenvalue weighted by molar-refractivity contribution is 7.13. The molecule has 0 spiro atoms. The van der Waals surface area contributed by atoms with Crippen LogP contribution in [0, 0.1) is 0 Å². The number of para-hydroxylation sites is 1. The maximum absolute atomic E-state index is 12.9. The van der Waals surface area contributed by atoms with Crippen molar-refractivity contribution in [3.8, 4) is 16.9 Å². The van der Waals surface area contributed by atoms with Gasteiger partial charge in [0, 0.05) is 73.5 Å². The number of nitrogens with zero attached hydrogens (tertiary/aromatic N) is 6. The number of pyridine rings is 1. The van der Waals surface area contributed by atoms with E-state index in [0.29, 0.717) is 13.1 Å². The number of amides is 1. The van der Waals surface area contributed by atoms with Crippen molar-refractivity contribution in [3.05, 3.63) is 84.3 Å². The monoisotopic (exact) mass is 442 g/mol. The second-order valence-corrected chi connectivity index (χ2v) is 8.29. The fourth-order valence-electron chi connectivity index (χ4n) is 3.71. The van der Waals surface area contributed by atoms with Crippen LogP contribution in [0.25, 0.3) is 23.0 Å². The van der Waals surface area contributed by atoms with Crippen LogP contribution in [-0.4, -0.2) is 56.7 Å². The molecule has 1 fully saturated rings.